The number of aliphatic imine (C=N–C) groups is 1. The zero-order valence-corrected chi connectivity index (χ0v) is 17.3. The van der Waals surface area contributed by atoms with Crippen molar-refractivity contribution in [2.75, 3.05) is 10.6 Å². The lowest BCUT2D eigenvalue weighted by molar-refractivity contribution is -0.141. The Morgan fingerprint density at radius 2 is 1.54 bits per heavy atom. The summed E-state index contributed by atoms with van der Waals surface area (Å²) < 4.78 is 76.7. The Morgan fingerprint density at radius 1 is 0.914 bits per heavy atom. The predicted octanol–water partition coefficient (Wildman–Crippen LogP) is 4.79. The summed E-state index contributed by atoms with van der Waals surface area (Å²) >= 11 is 0. The summed E-state index contributed by atoms with van der Waals surface area (Å²) in [4.78, 5) is 27.0. The van der Waals surface area contributed by atoms with E-state index in [1.807, 2.05) is 0 Å². The van der Waals surface area contributed by atoms with Gasteiger partial charge < -0.3 is 15.7 Å². The highest BCUT2D eigenvalue weighted by atomic mass is 19.4. The molecule has 0 saturated carbocycles. The minimum Gasteiger partial charge on any atom is -0.481 e. The fraction of sp³-hybridized carbons (Fsp3) is 0.143. The lowest BCUT2D eigenvalue weighted by Crippen LogP contribution is -2.24. The van der Waals surface area contributed by atoms with E-state index in [0.717, 1.165) is 12.1 Å². The van der Waals surface area contributed by atoms with Crippen LogP contribution in [0.4, 0.5) is 37.8 Å². The topological polar surface area (TPSA) is 119 Å². The Balaban J connectivity index is 1.87. The Morgan fingerprint density at radius 3 is 2.06 bits per heavy atom. The minimum atomic E-state index is -4.74. The molecule has 0 radical (unpaired) electrons. The molecule has 2 aromatic carbocycles. The van der Waals surface area contributed by atoms with Crippen molar-refractivity contribution in [3.8, 4) is 0 Å². The molecule has 1 amide bonds. The monoisotopic (exact) mass is 499 g/mol. The zero-order valence-electron chi connectivity index (χ0n) is 17.3. The Hall–Kier alpha value is -4.36. The van der Waals surface area contributed by atoms with Crippen molar-refractivity contribution in [1.29, 1.82) is 0 Å². The first-order chi connectivity index (χ1) is 16.3. The number of rotatable bonds is 5. The number of aliphatic carboxylic acids is 1. The molecule has 3 rings (SSSR count). The normalized spacial score (nSPS) is 12.3. The fourth-order valence-corrected chi connectivity index (χ4v) is 2.73. The minimum absolute atomic E-state index is 0.212. The molecule has 8 nitrogen and oxygen atoms in total. The van der Waals surface area contributed by atoms with E-state index in [1.54, 1.807) is 0 Å². The summed E-state index contributed by atoms with van der Waals surface area (Å²) in [5.74, 6) is -2.71. The van der Waals surface area contributed by atoms with E-state index in [2.05, 4.69) is 25.8 Å². The average molecular weight is 499 g/mol. The lowest BCUT2D eigenvalue weighted by atomic mass is 10.1. The highest BCUT2D eigenvalue weighted by molar-refractivity contribution is 6.11. The number of amides is 1. The van der Waals surface area contributed by atoms with Crippen LogP contribution in [0.3, 0.4) is 0 Å². The number of guanidine groups is 1. The van der Waals surface area contributed by atoms with Crippen LogP contribution in [-0.4, -0.2) is 33.1 Å². The number of aromatic nitrogens is 2. The number of carbonyl (C=O) groups excluding carboxylic acids is 1. The third-order valence-corrected chi connectivity index (χ3v) is 4.37. The molecular formula is C21H15F6N5O3. The highest BCUT2D eigenvalue weighted by Crippen LogP contribution is 2.30. The number of H-pyrrole nitrogens is 1. The quantitative estimate of drug-likeness (QED) is 0.228. The molecule has 184 valence electrons. The largest absolute Gasteiger partial charge is 0.481 e. The first-order valence-electron chi connectivity index (χ1n) is 9.59. The number of halogens is 6. The molecule has 0 atom stereocenters. The first-order valence-corrected chi connectivity index (χ1v) is 9.59. The van der Waals surface area contributed by atoms with Crippen LogP contribution in [0.15, 0.2) is 59.6 Å². The molecule has 4 N–H and O–H groups in total. The molecule has 0 spiro atoms. The molecule has 14 heteroatoms. The molecule has 0 aliphatic carbocycles. The zero-order chi connectivity index (χ0) is 25.8. The van der Waals surface area contributed by atoms with Gasteiger partial charge in [-0.25, -0.2) is 0 Å². The van der Waals surface area contributed by atoms with E-state index >= 15 is 0 Å². The molecule has 0 saturated heterocycles. The molecule has 35 heavy (non-hydrogen) atoms. The van der Waals surface area contributed by atoms with Crippen molar-refractivity contribution in [2.45, 2.75) is 18.8 Å². The van der Waals surface area contributed by atoms with Gasteiger partial charge >= 0.3 is 18.3 Å². The second kappa shape index (κ2) is 9.87. The highest BCUT2D eigenvalue weighted by Gasteiger charge is 2.34. The van der Waals surface area contributed by atoms with E-state index in [1.165, 1.54) is 24.3 Å². The van der Waals surface area contributed by atoms with Gasteiger partial charge in [0.05, 0.1) is 12.0 Å². The van der Waals surface area contributed by atoms with E-state index in [9.17, 15) is 35.9 Å². The Kier molecular flexibility index (Phi) is 7.12. The maximum Gasteiger partial charge on any atom is 0.435 e. The van der Waals surface area contributed by atoms with Gasteiger partial charge in [-0.1, -0.05) is 12.1 Å². The van der Waals surface area contributed by atoms with Crippen molar-refractivity contribution in [3.05, 3.63) is 77.0 Å². The average Bonchev–Trinajstić information content (AvgIpc) is 3.23. The van der Waals surface area contributed by atoms with E-state index in [-0.39, 0.29) is 29.4 Å². The van der Waals surface area contributed by atoms with Gasteiger partial charge in [-0.3, -0.25) is 14.7 Å². The van der Waals surface area contributed by atoms with Crippen molar-refractivity contribution < 1.29 is 41.0 Å². The van der Waals surface area contributed by atoms with Crippen LogP contribution in [0.5, 0.6) is 0 Å². The number of nitrogens with zero attached hydrogens (tertiary/aromatic N) is 2. The van der Waals surface area contributed by atoms with Crippen molar-refractivity contribution in [3.63, 3.8) is 0 Å². The second-order valence-corrected chi connectivity index (χ2v) is 7.02. The number of aromatic amines is 1. The van der Waals surface area contributed by atoms with Crippen molar-refractivity contribution >= 4 is 29.3 Å². The third kappa shape index (κ3) is 7.06. The lowest BCUT2D eigenvalue weighted by Gasteiger charge is -2.12. The molecular weight excluding hydrogens is 484 g/mol. The van der Waals surface area contributed by atoms with Crippen molar-refractivity contribution in [1.82, 2.24) is 10.2 Å². The van der Waals surface area contributed by atoms with Crippen molar-refractivity contribution in [2.24, 2.45) is 4.99 Å². The SMILES string of the molecule is O=C(O)Cc1ccc(N/C(=N/C(=O)c2ccc(C(F)(F)F)cc2)Nc2cc(C(F)(F)F)n[nH]2)cc1. The summed E-state index contributed by atoms with van der Waals surface area (Å²) in [6.07, 6.45) is -9.60. The number of alkyl halides is 6. The molecule has 0 unspecified atom stereocenters. The van der Waals surface area contributed by atoms with Gasteiger partial charge in [0.1, 0.15) is 5.82 Å². The molecule has 0 aliphatic heterocycles. The van der Waals surface area contributed by atoms with Gasteiger partial charge in [0.2, 0.25) is 5.96 Å². The van der Waals surface area contributed by atoms with Gasteiger partial charge in [-0.05, 0) is 42.0 Å². The molecule has 0 fully saturated rings. The summed E-state index contributed by atoms with van der Waals surface area (Å²) in [7, 11) is 0. The van der Waals surface area contributed by atoms with Crippen LogP contribution in [0.2, 0.25) is 0 Å². The number of benzene rings is 2. The number of carboxylic acids is 1. The molecule has 0 bridgehead atoms. The van der Waals surface area contributed by atoms with Gasteiger partial charge in [0, 0.05) is 17.3 Å². The second-order valence-electron chi connectivity index (χ2n) is 7.02. The first kappa shape index (κ1) is 25.3. The molecule has 1 heterocycles. The maximum absolute atomic E-state index is 12.8. The van der Waals surface area contributed by atoms with Gasteiger partial charge in [0.15, 0.2) is 5.69 Å². The van der Waals surface area contributed by atoms with E-state index < -0.39 is 35.5 Å². The standard InChI is InChI=1S/C21H15F6N5O3/c22-20(23,24)13-5-3-12(4-6-13)18(35)30-19(29-16-10-15(31-32-16)21(25,26)27)28-14-7-1-11(2-8-14)9-17(33)34/h1-8,10H,9H2,(H,33,34)(H3,28,29,30,31,32,35). The van der Waals surface area contributed by atoms with Gasteiger partial charge in [-0.2, -0.15) is 36.4 Å². The maximum atomic E-state index is 12.8. The summed E-state index contributed by atoms with van der Waals surface area (Å²) in [5.41, 5.74) is -1.70. The van der Waals surface area contributed by atoms with Crippen LogP contribution in [0.1, 0.15) is 27.2 Å². The van der Waals surface area contributed by atoms with Gasteiger partial charge in [0.25, 0.3) is 5.91 Å². The summed E-state index contributed by atoms with van der Waals surface area (Å²) in [6, 6.07) is 9.61. The van der Waals surface area contributed by atoms with Gasteiger partial charge in [-0.15, -0.1) is 0 Å². The van der Waals surface area contributed by atoms with Crippen LogP contribution < -0.4 is 10.6 Å². The number of carbonyl (C=O) groups is 2. The van der Waals surface area contributed by atoms with Crippen LogP contribution in [-0.2, 0) is 23.6 Å². The Bertz CT molecular complexity index is 1230. The van der Waals surface area contributed by atoms with E-state index in [4.69, 9.17) is 5.11 Å². The van der Waals surface area contributed by atoms with Crippen LogP contribution >= 0.6 is 0 Å². The third-order valence-electron chi connectivity index (χ3n) is 4.37. The fourth-order valence-electron chi connectivity index (χ4n) is 2.73. The summed E-state index contributed by atoms with van der Waals surface area (Å²) in [5, 5.41) is 19.1. The molecule has 3 aromatic rings. The summed E-state index contributed by atoms with van der Waals surface area (Å²) in [6.45, 7) is 0. The Labute approximate surface area is 192 Å². The van der Waals surface area contributed by atoms with Crippen LogP contribution in [0, 0.1) is 0 Å². The van der Waals surface area contributed by atoms with E-state index in [0.29, 0.717) is 23.8 Å². The number of anilines is 2. The number of hydrogen-bond donors (Lipinski definition) is 4. The molecule has 0 aliphatic rings. The number of hydrogen-bond acceptors (Lipinski definition) is 3. The number of carboxylic acid groups (broad SMARTS) is 1. The van der Waals surface area contributed by atoms with Crippen LogP contribution in [0.25, 0.3) is 0 Å². The predicted molar refractivity (Wildman–Crippen MR) is 112 cm³/mol. The number of nitrogens with one attached hydrogen (secondary N) is 3. The molecule has 1 aromatic heterocycles. The smallest absolute Gasteiger partial charge is 0.435 e.